The lowest BCUT2D eigenvalue weighted by atomic mass is 9.85. The molecule has 1 aromatic rings. The van der Waals surface area contributed by atoms with Gasteiger partial charge in [0.15, 0.2) is 0 Å². The second-order valence-electron chi connectivity index (χ2n) is 7.28. The molecule has 0 radical (unpaired) electrons. The fourth-order valence-corrected chi connectivity index (χ4v) is 2.87. The van der Waals surface area contributed by atoms with Gasteiger partial charge in [0.05, 0.1) is 6.10 Å². The Balaban J connectivity index is 2.70. The second-order valence-corrected chi connectivity index (χ2v) is 7.28. The average molecular weight is 291 g/mol. The fourth-order valence-electron chi connectivity index (χ4n) is 2.87. The van der Waals surface area contributed by atoms with Crippen molar-refractivity contribution in [1.82, 2.24) is 5.32 Å². The topological polar surface area (TPSA) is 32.3 Å². The molecular weight excluding hydrogens is 258 g/mol. The van der Waals surface area contributed by atoms with Crippen molar-refractivity contribution in [3.05, 3.63) is 35.9 Å². The number of aliphatic hydroxyl groups is 1. The predicted molar refractivity (Wildman–Crippen MR) is 91.3 cm³/mol. The third-order valence-electron chi connectivity index (χ3n) is 4.18. The molecular formula is C19H33NO. The van der Waals surface area contributed by atoms with Crippen molar-refractivity contribution in [2.75, 3.05) is 6.54 Å². The summed E-state index contributed by atoms with van der Waals surface area (Å²) in [6, 6.07) is 10.9. The highest BCUT2D eigenvalue weighted by Crippen LogP contribution is 2.29. The molecule has 1 aromatic carbocycles. The Kier molecular flexibility index (Phi) is 7.41. The molecule has 0 heterocycles. The van der Waals surface area contributed by atoms with Crippen LogP contribution in [0.5, 0.6) is 0 Å². The minimum atomic E-state index is -0.258. The molecule has 2 N–H and O–H groups in total. The third-order valence-corrected chi connectivity index (χ3v) is 4.18. The predicted octanol–water partition coefficient (Wildman–Crippen LogP) is 4.55. The van der Waals surface area contributed by atoms with Crippen molar-refractivity contribution in [3.8, 4) is 0 Å². The van der Waals surface area contributed by atoms with Gasteiger partial charge < -0.3 is 10.4 Å². The van der Waals surface area contributed by atoms with Crippen molar-refractivity contribution >= 4 is 0 Å². The van der Waals surface area contributed by atoms with E-state index in [0.717, 1.165) is 19.3 Å². The van der Waals surface area contributed by atoms with Crippen LogP contribution < -0.4 is 5.32 Å². The highest BCUT2D eigenvalue weighted by atomic mass is 16.3. The van der Waals surface area contributed by atoms with Crippen LogP contribution in [0.2, 0.25) is 0 Å². The van der Waals surface area contributed by atoms with Gasteiger partial charge in [-0.05, 0) is 23.3 Å². The van der Waals surface area contributed by atoms with Crippen LogP contribution in [0.25, 0.3) is 0 Å². The third kappa shape index (κ3) is 6.62. The Morgan fingerprint density at radius 2 is 1.62 bits per heavy atom. The van der Waals surface area contributed by atoms with Crippen molar-refractivity contribution in [2.45, 2.75) is 66.0 Å². The summed E-state index contributed by atoms with van der Waals surface area (Å²) < 4.78 is 0. The maximum atomic E-state index is 10.3. The van der Waals surface area contributed by atoms with Crippen LogP contribution in [-0.4, -0.2) is 17.8 Å². The summed E-state index contributed by atoms with van der Waals surface area (Å²) >= 11 is 0. The standard InChI is InChI=1S/C19H33NO/c1-6-15(7-2)18(21)14-20-17(13-19(3,4)5)16-11-9-8-10-12-16/h8-12,15,17-18,20-21H,6-7,13-14H2,1-5H3. The Hall–Kier alpha value is -0.860. The summed E-state index contributed by atoms with van der Waals surface area (Å²) in [7, 11) is 0. The molecule has 0 saturated heterocycles. The quantitative estimate of drug-likeness (QED) is 0.736. The van der Waals surface area contributed by atoms with E-state index in [-0.39, 0.29) is 11.5 Å². The van der Waals surface area contributed by atoms with Crippen LogP contribution in [0.3, 0.4) is 0 Å². The fraction of sp³-hybridized carbons (Fsp3) is 0.684. The highest BCUT2D eigenvalue weighted by molar-refractivity contribution is 5.19. The summed E-state index contributed by atoms with van der Waals surface area (Å²) in [6.45, 7) is 11.8. The lowest BCUT2D eigenvalue weighted by Gasteiger charge is -2.29. The SMILES string of the molecule is CCC(CC)C(O)CNC(CC(C)(C)C)c1ccccc1. The van der Waals surface area contributed by atoms with Gasteiger partial charge in [-0.1, -0.05) is 77.8 Å². The molecule has 0 saturated carbocycles. The van der Waals surface area contributed by atoms with Crippen molar-refractivity contribution in [1.29, 1.82) is 0 Å². The Morgan fingerprint density at radius 1 is 1.05 bits per heavy atom. The second kappa shape index (κ2) is 8.55. The molecule has 0 amide bonds. The van der Waals surface area contributed by atoms with Crippen LogP contribution in [0, 0.1) is 11.3 Å². The van der Waals surface area contributed by atoms with Gasteiger partial charge in [-0.3, -0.25) is 0 Å². The number of benzene rings is 1. The Labute approximate surface area is 131 Å². The zero-order chi connectivity index (χ0) is 15.9. The van der Waals surface area contributed by atoms with Gasteiger partial charge >= 0.3 is 0 Å². The lowest BCUT2D eigenvalue weighted by Crippen LogP contribution is -2.36. The summed E-state index contributed by atoms with van der Waals surface area (Å²) in [6.07, 6.45) is 2.88. The van der Waals surface area contributed by atoms with Gasteiger partial charge in [0.2, 0.25) is 0 Å². The zero-order valence-electron chi connectivity index (χ0n) is 14.4. The number of hydrogen-bond donors (Lipinski definition) is 2. The first-order chi connectivity index (χ1) is 9.87. The van der Waals surface area contributed by atoms with E-state index in [2.05, 4.69) is 70.3 Å². The highest BCUT2D eigenvalue weighted by Gasteiger charge is 2.22. The number of hydrogen-bond acceptors (Lipinski definition) is 2. The van der Waals surface area contributed by atoms with Crippen molar-refractivity contribution in [3.63, 3.8) is 0 Å². The summed E-state index contributed by atoms with van der Waals surface area (Å²) in [5.74, 6) is 0.392. The average Bonchev–Trinajstić information content (AvgIpc) is 2.44. The molecule has 0 aliphatic rings. The van der Waals surface area contributed by atoms with E-state index in [0.29, 0.717) is 18.5 Å². The van der Waals surface area contributed by atoms with Crippen LogP contribution in [-0.2, 0) is 0 Å². The maximum absolute atomic E-state index is 10.3. The van der Waals surface area contributed by atoms with Crippen LogP contribution >= 0.6 is 0 Å². The lowest BCUT2D eigenvalue weighted by molar-refractivity contribution is 0.0960. The number of rotatable bonds is 8. The van der Waals surface area contributed by atoms with E-state index in [1.807, 2.05) is 0 Å². The van der Waals surface area contributed by atoms with Gasteiger partial charge in [0, 0.05) is 12.6 Å². The first-order valence-corrected chi connectivity index (χ1v) is 8.33. The van der Waals surface area contributed by atoms with E-state index in [4.69, 9.17) is 0 Å². The molecule has 0 aliphatic heterocycles. The molecule has 21 heavy (non-hydrogen) atoms. The van der Waals surface area contributed by atoms with Gasteiger partial charge in [-0.2, -0.15) is 0 Å². The monoisotopic (exact) mass is 291 g/mol. The molecule has 0 spiro atoms. The van der Waals surface area contributed by atoms with Crippen LogP contribution in [0.4, 0.5) is 0 Å². The van der Waals surface area contributed by atoms with E-state index in [1.165, 1.54) is 5.56 Å². The normalized spacial score (nSPS) is 15.2. The van der Waals surface area contributed by atoms with Gasteiger partial charge in [0.1, 0.15) is 0 Å². The van der Waals surface area contributed by atoms with Gasteiger partial charge in [-0.25, -0.2) is 0 Å². The molecule has 0 bridgehead atoms. The van der Waals surface area contributed by atoms with E-state index in [1.54, 1.807) is 0 Å². The minimum Gasteiger partial charge on any atom is -0.392 e. The Morgan fingerprint density at radius 3 is 2.10 bits per heavy atom. The van der Waals surface area contributed by atoms with Crippen molar-refractivity contribution in [2.24, 2.45) is 11.3 Å². The smallest absolute Gasteiger partial charge is 0.0692 e. The number of aliphatic hydroxyl groups excluding tert-OH is 1. The van der Waals surface area contributed by atoms with Crippen LogP contribution in [0.15, 0.2) is 30.3 Å². The first-order valence-electron chi connectivity index (χ1n) is 8.33. The summed E-state index contributed by atoms with van der Waals surface area (Å²) in [5, 5.41) is 13.9. The van der Waals surface area contributed by atoms with E-state index >= 15 is 0 Å². The molecule has 2 heteroatoms. The largest absolute Gasteiger partial charge is 0.392 e. The number of nitrogens with one attached hydrogen (secondary N) is 1. The molecule has 2 unspecified atom stereocenters. The summed E-state index contributed by atoms with van der Waals surface area (Å²) in [5.41, 5.74) is 1.57. The Bertz CT molecular complexity index is 378. The zero-order valence-corrected chi connectivity index (χ0v) is 14.4. The molecule has 0 aliphatic carbocycles. The molecule has 2 nitrogen and oxygen atoms in total. The first kappa shape index (κ1) is 18.2. The summed E-state index contributed by atoms with van der Waals surface area (Å²) in [4.78, 5) is 0. The van der Waals surface area contributed by atoms with E-state index < -0.39 is 0 Å². The van der Waals surface area contributed by atoms with Crippen molar-refractivity contribution < 1.29 is 5.11 Å². The van der Waals surface area contributed by atoms with Gasteiger partial charge in [0.25, 0.3) is 0 Å². The molecule has 0 fully saturated rings. The van der Waals surface area contributed by atoms with E-state index in [9.17, 15) is 5.11 Å². The molecule has 2 atom stereocenters. The molecule has 0 aromatic heterocycles. The van der Waals surface area contributed by atoms with Crippen LogP contribution in [0.1, 0.15) is 65.5 Å². The molecule has 120 valence electrons. The molecule has 1 rings (SSSR count). The van der Waals surface area contributed by atoms with Gasteiger partial charge in [-0.15, -0.1) is 0 Å². The minimum absolute atomic E-state index is 0.257. The maximum Gasteiger partial charge on any atom is 0.0692 e.